The zero-order valence-corrected chi connectivity index (χ0v) is 12.5. The van der Waals surface area contributed by atoms with E-state index in [4.69, 9.17) is 9.84 Å². The topological polar surface area (TPSA) is 58.6 Å². The summed E-state index contributed by atoms with van der Waals surface area (Å²) in [6, 6.07) is 5.65. The Hall–Kier alpha value is -1.83. The summed E-state index contributed by atoms with van der Waals surface area (Å²) in [6.07, 6.45) is 1.34. The maximum absolute atomic E-state index is 12.4. The van der Waals surface area contributed by atoms with Crippen LogP contribution in [0.2, 0.25) is 0 Å². The van der Waals surface area contributed by atoms with Gasteiger partial charge in [-0.05, 0) is 38.0 Å². The van der Waals surface area contributed by atoms with Crippen LogP contribution in [0.4, 0.5) is 0 Å². The Morgan fingerprint density at radius 1 is 1.52 bits per heavy atom. The van der Waals surface area contributed by atoms with Crippen LogP contribution >= 0.6 is 0 Å². The molecule has 4 heteroatoms. The predicted molar refractivity (Wildman–Crippen MR) is 81.0 cm³/mol. The third-order valence-electron chi connectivity index (χ3n) is 3.64. The molecule has 21 heavy (non-hydrogen) atoms. The van der Waals surface area contributed by atoms with Crippen molar-refractivity contribution < 1.29 is 14.6 Å². The second kappa shape index (κ2) is 7.26. The standard InChI is InChI=1S/C17H21NO3/c1-12-6-7-14(5-3-4-9-19)11-15(12)17(20)18-16-8-10-21-13(16)2/h6-7,11,13,16,19H,4,8-10H2,1-2H3,(H,18,20). The van der Waals surface area contributed by atoms with E-state index in [2.05, 4.69) is 17.2 Å². The van der Waals surface area contributed by atoms with E-state index in [1.165, 1.54) is 0 Å². The summed E-state index contributed by atoms with van der Waals surface area (Å²) in [5.74, 6) is 5.74. The van der Waals surface area contributed by atoms with E-state index in [-0.39, 0.29) is 24.7 Å². The van der Waals surface area contributed by atoms with Gasteiger partial charge in [0, 0.05) is 24.2 Å². The van der Waals surface area contributed by atoms with E-state index in [1.807, 2.05) is 26.0 Å². The Kier molecular flexibility index (Phi) is 5.38. The number of benzene rings is 1. The van der Waals surface area contributed by atoms with Crippen molar-refractivity contribution in [2.75, 3.05) is 13.2 Å². The van der Waals surface area contributed by atoms with Crippen molar-refractivity contribution in [3.63, 3.8) is 0 Å². The summed E-state index contributed by atoms with van der Waals surface area (Å²) in [4.78, 5) is 12.4. The van der Waals surface area contributed by atoms with E-state index in [1.54, 1.807) is 6.07 Å². The Morgan fingerprint density at radius 2 is 2.33 bits per heavy atom. The maximum atomic E-state index is 12.4. The molecule has 0 radical (unpaired) electrons. The van der Waals surface area contributed by atoms with E-state index in [0.717, 1.165) is 17.5 Å². The molecule has 1 fully saturated rings. The summed E-state index contributed by atoms with van der Waals surface area (Å²) < 4.78 is 5.46. The molecule has 2 N–H and O–H groups in total. The van der Waals surface area contributed by atoms with Crippen LogP contribution in [0, 0.1) is 18.8 Å². The molecule has 1 heterocycles. The lowest BCUT2D eigenvalue weighted by Gasteiger charge is -2.17. The minimum Gasteiger partial charge on any atom is -0.395 e. The van der Waals surface area contributed by atoms with Crippen molar-refractivity contribution in [3.8, 4) is 11.8 Å². The van der Waals surface area contributed by atoms with E-state index in [9.17, 15) is 4.79 Å². The highest BCUT2D eigenvalue weighted by molar-refractivity contribution is 5.96. The second-order valence-electron chi connectivity index (χ2n) is 5.25. The molecule has 2 unspecified atom stereocenters. The van der Waals surface area contributed by atoms with Crippen LogP contribution in [0.3, 0.4) is 0 Å². The Morgan fingerprint density at radius 3 is 3.00 bits per heavy atom. The van der Waals surface area contributed by atoms with Gasteiger partial charge < -0.3 is 15.2 Å². The van der Waals surface area contributed by atoms with Crippen molar-refractivity contribution in [1.29, 1.82) is 0 Å². The largest absolute Gasteiger partial charge is 0.395 e. The van der Waals surface area contributed by atoms with Gasteiger partial charge in [0.2, 0.25) is 0 Å². The van der Waals surface area contributed by atoms with Crippen molar-refractivity contribution >= 4 is 5.91 Å². The first-order chi connectivity index (χ1) is 10.1. The molecule has 2 atom stereocenters. The highest BCUT2D eigenvalue weighted by Crippen LogP contribution is 2.15. The van der Waals surface area contributed by atoms with Crippen LogP contribution in [-0.4, -0.2) is 36.4 Å². The smallest absolute Gasteiger partial charge is 0.251 e. The molecule has 1 aliphatic rings. The zero-order chi connectivity index (χ0) is 15.2. The fourth-order valence-corrected chi connectivity index (χ4v) is 2.33. The number of aliphatic hydroxyl groups excluding tert-OH is 1. The lowest BCUT2D eigenvalue weighted by atomic mass is 10.0. The third-order valence-corrected chi connectivity index (χ3v) is 3.64. The van der Waals surface area contributed by atoms with E-state index >= 15 is 0 Å². The molecule has 0 saturated carbocycles. The molecule has 1 aliphatic heterocycles. The van der Waals surface area contributed by atoms with Crippen LogP contribution < -0.4 is 5.32 Å². The normalized spacial score (nSPS) is 20.7. The summed E-state index contributed by atoms with van der Waals surface area (Å²) in [6.45, 7) is 4.62. The van der Waals surface area contributed by atoms with Gasteiger partial charge in [-0.15, -0.1) is 0 Å². The van der Waals surface area contributed by atoms with Crippen LogP contribution in [0.15, 0.2) is 18.2 Å². The summed E-state index contributed by atoms with van der Waals surface area (Å²) >= 11 is 0. The Labute approximate surface area is 125 Å². The molecule has 0 aliphatic carbocycles. The number of carbonyl (C=O) groups excluding carboxylic acids is 1. The molecule has 1 aromatic rings. The maximum Gasteiger partial charge on any atom is 0.251 e. The minimum absolute atomic E-state index is 0.0474. The van der Waals surface area contributed by atoms with Gasteiger partial charge in [0.1, 0.15) is 0 Å². The molecule has 1 amide bonds. The Bertz CT molecular complexity index is 571. The van der Waals surface area contributed by atoms with Crippen molar-refractivity contribution in [3.05, 3.63) is 34.9 Å². The average molecular weight is 287 g/mol. The van der Waals surface area contributed by atoms with Gasteiger partial charge in [-0.25, -0.2) is 0 Å². The molecule has 0 bridgehead atoms. The van der Waals surface area contributed by atoms with Gasteiger partial charge in [0.05, 0.1) is 18.8 Å². The minimum atomic E-state index is -0.0827. The van der Waals surface area contributed by atoms with Crippen molar-refractivity contribution in [1.82, 2.24) is 5.32 Å². The van der Waals surface area contributed by atoms with Crippen LogP contribution in [0.25, 0.3) is 0 Å². The third kappa shape index (κ3) is 4.07. The number of aliphatic hydroxyl groups is 1. The highest BCUT2D eigenvalue weighted by atomic mass is 16.5. The van der Waals surface area contributed by atoms with Crippen LogP contribution in [0.5, 0.6) is 0 Å². The lowest BCUT2D eigenvalue weighted by Crippen LogP contribution is -2.39. The van der Waals surface area contributed by atoms with Crippen LogP contribution in [-0.2, 0) is 4.74 Å². The number of ether oxygens (including phenoxy) is 1. The predicted octanol–water partition coefficient (Wildman–Crippen LogP) is 1.64. The molecular weight excluding hydrogens is 266 g/mol. The number of amides is 1. The molecule has 1 aromatic carbocycles. The van der Waals surface area contributed by atoms with E-state index in [0.29, 0.717) is 18.6 Å². The first kappa shape index (κ1) is 15.6. The molecular formula is C17H21NO3. The van der Waals surface area contributed by atoms with Gasteiger partial charge >= 0.3 is 0 Å². The fraction of sp³-hybridized carbons (Fsp3) is 0.471. The number of nitrogens with one attached hydrogen (secondary N) is 1. The lowest BCUT2D eigenvalue weighted by molar-refractivity contribution is 0.0865. The van der Waals surface area contributed by atoms with E-state index < -0.39 is 0 Å². The first-order valence-corrected chi connectivity index (χ1v) is 7.24. The summed E-state index contributed by atoms with van der Waals surface area (Å²) in [5, 5.41) is 11.8. The SMILES string of the molecule is Cc1ccc(C#CCCO)cc1C(=O)NC1CCOC1C. The fourth-order valence-electron chi connectivity index (χ4n) is 2.33. The van der Waals surface area contributed by atoms with Gasteiger partial charge in [0.25, 0.3) is 5.91 Å². The van der Waals surface area contributed by atoms with Gasteiger partial charge in [-0.3, -0.25) is 4.79 Å². The first-order valence-electron chi connectivity index (χ1n) is 7.24. The van der Waals surface area contributed by atoms with Crippen molar-refractivity contribution in [2.45, 2.75) is 38.8 Å². The Balaban J connectivity index is 2.12. The zero-order valence-electron chi connectivity index (χ0n) is 12.5. The van der Waals surface area contributed by atoms with Gasteiger partial charge in [0.15, 0.2) is 0 Å². The monoisotopic (exact) mass is 287 g/mol. The quantitative estimate of drug-likeness (QED) is 0.831. The van der Waals surface area contributed by atoms with Crippen molar-refractivity contribution in [2.24, 2.45) is 0 Å². The molecule has 1 saturated heterocycles. The van der Waals surface area contributed by atoms with Crippen LogP contribution in [0.1, 0.15) is 41.3 Å². The molecule has 4 nitrogen and oxygen atoms in total. The summed E-state index contributed by atoms with van der Waals surface area (Å²) in [7, 11) is 0. The highest BCUT2D eigenvalue weighted by Gasteiger charge is 2.26. The average Bonchev–Trinajstić information content (AvgIpc) is 2.86. The van der Waals surface area contributed by atoms with Gasteiger partial charge in [-0.2, -0.15) is 0 Å². The number of rotatable bonds is 3. The number of aryl methyl sites for hydroxylation is 1. The number of carbonyl (C=O) groups is 1. The molecule has 0 spiro atoms. The molecule has 0 aromatic heterocycles. The molecule has 112 valence electrons. The second-order valence-corrected chi connectivity index (χ2v) is 5.25. The number of hydrogen-bond acceptors (Lipinski definition) is 3. The molecule has 2 rings (SSSR count). The van der Waals surface area contributed by atoms with Gasteiger partial charge in [-0.1, -0.05) is 17.9 Å². The summed E-state index contributed by atoms with van der Waals surface area (Å²) in [5.41, 5.74) is 2.35. The number of hydrogen-bond donors (Lipinski definition) is 2.